The molecule has 0 aromatic heterocycles. The minimum Gasteiger partial charge on any atom is -0.382 e. The molecule has 0 aliphatic rings. The summed E-state index contributed by atoms with van der Waals surface area (Å²) in [5.41, 5.74) is 0. The first-order valence-corrected chi connectivity index (χ1v) is 5.42. The topological polar surface area (TPSA) is 9.23 Å². The Hall–Kier alpha value is 0.0249. The highest BCUT2D eigenvalue weighted by molar-refractivity contribution is 6.58. The van der Waals surface area contributed by atoms with E-state index in [0.717, 1.165) is 19.9 Å². The van der Waals surface area contributed by atoms with Crippen LogP contribution in [0.1, 0.15) is 33.6 Å². The first kappa shape index (κ1) is 12.0. The summed E-state index contributed by atoms with van der Waals surface area (Å²) in [5.74, 6) is 0. The van der Waals surface area contributed by atoms with Gasteiger partial charge in [0.25, 0.3) is 0 Å². The number of rotatable bonds is 8. The van der Waals surface area contributed by atoms with E-state index in [2.05, 4.69) is 20.8 Å². The second-order valence-electron chi connectivity index (χ2n) is 3.38. The zero-order valence-electron chi connectivity index (χ0n) is 8.94. The standard InChI is InChI=1S/C10H23BO/c1-4-11(5-2)9-7-8-10-12-6-3/h4-10H2,1-3H3. The Morgan fingerprint density at radius 2 is 1.67 bits per heavy atom. The Labute approximate surface area is 78.0 Å². The van der Waals surface area contributed by atoms with Crippen LogP contribution in [0.3, 0.4) is 0 Å². The lowest BCUT2D eigenvalue weighted by Gasteiger charge is -2.07. The highest BCUT2D eigenvalue weighted by Gasteiger charge is 2.06. The van der Waals surface area contributed by atoms with E-state index in [1.54, 1.807) is 0 Å². The van der Waals surface area contributed by atoms with Crippen LogP contribution in [0.15, 0.2) is 0 Å². The SMILES string of the molecule is CCOCCCCB(CC)CC. The molecule has 0 saturated heterocycles. The van der Waals surface area contributed by atoms with E-state index in [0.29, 0.717) is 0 Å². The van der Waals surface area contributed by atoms with E-state index in [1.165, 1.54) is 31.8 Å². The predicted molar refractivity (Wildman–Crippen MR) is 57.3 cm³/mol. The molecule has 0 fully saturated rings. The molecule has 0 bridgehead atoms. The van der Waals surface area contributed by atoms with Crippen LogP contribution in [-0.4, -0.2) is 19.9 Å². The van der Waals surface area contributed by atoms with Crippen molar-refractivity contribution in [1.29, 1.82) is 0 Å². The van der Waals surface area contributed by atoms with E-state index in [9.17, 15) is 0 Å². The van der Waals surface area contributed by atoms with Gasteiger partial charge in [-0.2, -0.15) is 0 Å². The third kappa shape index (κ3) is 6.72. The molecule has 0 unspecified atom stereocenters. The molecular formula is C10H23BO. The molecule has 0 N–H and O–H groups in total. The molecule has 0 amide bonds. The van der Waals surface area contributed by atoms with Gasteiger partial charge in [0.05, 0.1) is 0 Å². The number of hydrogen-bond donors (Lipinski definition) is 0. The molecular weight excluding hydrogens is 147 g/mol. The summed E-state index contributed by atoms with van der Waals surface area (Å²) in [5, 5.41) is 0. The zero-order chi connectivity index (χ0) is 9.23. The summed E-state index contributed by atoms with van der Waals surface area (Å²) in [6.07, 6.45) is 6.65. The number of unbranched alkanes of at least 4 members (excludes halogenated alkanes) is 1. The molecule has 0 aliphatic heterocycles. The maximum absolute atomic E-state index is 5.28. The lowest BCUT2D eigenvalue weighted by atomic mass is 9.43. The van der Waals surface area contributed by atoms with E-state index < -0.39 is 0 Å². The number of ether oxygens (including phenoxy) is 1. The quantitative estimate of drug-likeness (QED) is 0.401. The fourth-order valence-corrected chi connectivity index (χ4v) is 1.48. The highest BCUT2D eigenvalue weighted by Crippen LogP contribution is 2.09. The highest BCUT2D eigenvalue weighted by atomic mass is 16.5. The molecule has 0 aromatic rings. The molecule has 12 heavy (non-hydrogen) atoms. The minimum absolute atomic E-state index is 0.866. The van der Waals surface area contributed by atoms with Crippen LogP contribution in [0, 0.1) is 0 Å². The largest absolute Gasteiger partial charge is 0.382 e. The lowest BCUT2D eigenvalue weighted by molar-refractivity contribution is 0.144. The van der Waals surface area contributed by atoms with Crippen molar-refractivity contribution in [2.24, 2.45) is 0 Å². The smallest absolute Gasteiger partial charge is 0.139 e. The molecule has 0 saturated carbocycles. The summed E-state index contributed by atoms with van der Waals surface area (Å²) in [4.78, 5) is 0. The van der Waals surface area contributed by atoms with Crippen molar-refractivity contribution < 1.29 is 4.74 Å². The molecule has 0 spiro atoms. The minimum atomic E-state index is 0.866. The van der Waals surface area contributed by atoms with Gasteiger partial charge in [0.1, 0.15) is 6.71 Å². The van der Waals surface area contributed by atoms with Crippen LogP contribution >= 0.6 is 0 Å². The summed E-state index contributed by atoms with van der Waals surface area (Å²) < 4.78 is 5.28. The lowest BCUT2D eigenvalue weighted by Crippen LogP contribution is -2.08. The van der Waals surface area contributed by atoms with Crippen molar-refractivity contribution in [3.8, 4) is 0 Å². The zero-order valence-corrected chi connectivity index (χ0v) is 8.94. The van der Waals surface area contributed by atoms with Gasteiger partial charge in [0.15, 0.2) is 0 Å². The van der Waals surface area contributed by atoms with Gasteiger partial charge in [-0.05, 0) is 13.3 Å². The first-order chi connectivity index (χ1) is 5.85. The summed E-state index contributed by atoms with van der Waals surface area (Å²) in [6.45, 7) is 9.40. The van der Waals surface area contributed by atoms with Crippen molar-refractivity contribution in [2.45, 2.75) is 52.6 Å². The molecule has 0 rings (SSSR count). The molecule has 0 radical (unpaired) electrons. The van der Waals surface area contributed by atoms with Gasteiger partial charge in [-0.3, -0.25) is 0 Å². The third-order valence-corrected chi connectivity index (χ3v) is 2.51. The monoisotopic (exact) mass is 170 g/mol. The Morgan fingerprint density at radius 1 is 1.00 bits per heavy atom. The normalized spacial score (nSPS) is 10.2. The predicted octanol–water partition coefficient (Wildman–Crippen LogP) is 3.34. The molecule has 0 aliphatic carbocycles. The van der Waals surface area contributed by atoms with Gasteiger partial charge < -0.3 is 4.74 Å². The van der Waals surface area contributed by atoms with Crippen LogP contribution in [0.4, 0.5) is 0 Å². The van der Waals surface area contributed by atoms with E-state index >= 15 is 0 Å². The maximum Gasteiger partial charge on any atom is 0.139 e. The van der Waals surface area contributed by atoms with Gasteiger partial charge in [0, 0.05) is 13.2 Å². The van der Waals surface area contributed by atoms with Crippen molar-refractivity contribution in [3.05, 3.63) is 0 Å². The van der Waals surface area contributed by atoms with E-state index in [-0.39, 0.29) is 0 Å². The second kappa shape index (κ2) is 9.12. The van der Waals surface area contributed by atoms with Crippen LogP contribution in [0.2, 0.25) is 19.0 Å². The molecule has 2 heteroatoms. The van der Waals surface area contributed by atoms with Crippen LogP contribution in [-0.2, 0) is 4.74 Å². The van der Waals surface area contributed by atoms with Gasteiger partial charge in [-0.25, -0.2) is 0 Å². The fourth-order valence-electron chi connectivity index (χ4n) is 1.48. The van der Waals surface area contributed by atoms with Crippen LogP contribution in [0.25, 0.3) is 0 Å². The Kier molecular flexibility index (Phi) is 9.13. The average molecular weight is 170 g/mol. The van der Waals surface area contributed by atoms with E-state index in [1.807, 2.05) is 0 Å². The van der Waals surface area contributed by atoms with Crippen LogP contribution < -0.4 is 0 Å². The Balaban J connectivity index is 3.06. The molecule has 0 heterocycles. The van der Waals surface area contributed by atoms with Gasteiger partial charge >= 0.3 is 0 Å². The van der Waals surface area contributed by atoms with Gasteiger partial charge in [0.2, 0.25) is 0 Å². The van der Waals surface area contributed by atoms with Crippen molar-refractivity contribution >= 4 is 6.71 Å². The summed E-state index contributed by atoms with van der Waals surface area (Å²) in [6, 6.07) is 0. The summed E-state index contributed by atoms with van der Waals surface area (Å²) in [7, 11) is 0. The van der Waals surface area contributed by atoms with Gasteiger partial charge in [-0.1, -0.05) is 39.2 Å². The maximum atomic E-state index is 5.28. The number of hydrogen-bond acceptors (Lipinski definition) is 1. The first-order valence-electron chi connectivity index (χ1n) is 5.42. The van der Waals surface area contributed by atoms with Crippen molar-refractivity contribution in [2.75, 3.05) is 13.2 Å². The van der Waals surface area contributed by atoms with Crippen molar-refractivity contribution in [1.82, 2.24) is 0 Å². The average Bonchev–Trinajstić information content (AvgIpc) is 2.11. The van der Waals surface area contributed by atoms with Crippen LogP contribution in [0.5, 0.6) is 0 Å². The van der Waals surface area contributed by atoms with Gasteiger partial charge in [-0.15, -0.1) is 0 Å². The molecule has 1 nitrogen and oxygen atoms in total. The molecule has 0 atom stereocenters. The molecule has 72 valence electrons. The Morgan fingerprint density at radius 3 is 2.17 bits per heavy atom. The summed E-state index contributed by atoms with van der Waals surface area (Å²) >= 11 is 0. The Bertz CT molecular complexity index is 81.9. The van der Waals surface area contributed by atoms with Crippen molar-refractivity contribution in [3.63, 3.8) is 0 Å². The fraction of sp³-hybridized carbons (Fsp3) is 1.00. The molecule has 0 aromatic carbocycles. The second-order valence-corrected chi connectivity index (χ2v) is 3.38. The third-order valence-electron chi connectivity index (χ3n) is 2.51. The van der Waals surface area contributed by atoms with E-state index in [4.69, 9.17) is 4.74 Å².